The van der Waals surface area contributed by atoms with Gasteiger partial charge in [-0.1, -0.05) is 6.92 Å². The Morgan fingerprint density at radius 1 is 1.53 bits per heavy atom. The molecule has 0 amide bonds. The maximum absolute atomic E-state index is 11.9. The van der Waals surface area contributed by atoms with Crippen LogP contribution in [0.2, 0.25) is 0 Å². The summed E-state index contributed by atoms with van der Waals surface area (Å²) < 4.78 is 28.6. The van der Waals surface area contributed by atoms with Crippen molar-refractivity contribution in [1.29, 1.82) is 0 Å². The summed E-state index contributed by atoms with van der Waals surface area (Å²) in [5.41, 5.74) is 0. The van der Waals surface area contributed by atoms with Crippen LogP contribution in [0.1, 0.15) is 13.3 Å². The topological polar surface area (TPSA) is 34.1 Å². The standard InChI is InChI=1S/C10H14F2N2O/c1-2-4-13-10-6-8(3-5-14-10)15-7-9(11)12/h3,5-6,9H,2,4,7H2,1H3,(H,13,14). The summed E-state index contributed by atoms with van der Waals surface area (Å²) in [5, 5.41) is 3.04. The number of halogens is 2. The lowest BCUT2D eigenvalue weighted by Gasteiger charge is -2.07. The Morgan fingerprint density at radius 2 is 2.33 bits per heavy atom. The summed E-state index contributed by atoms with van der Waals surface area (Å²) in [4.78, 5) is 4.03. The van der Waals surface area contributed by atoms with E-state index in [-0.39, 0.29) is 0 Å². The lowest BCUT2D eigenvalue weighted by Crippen LogP contribution is -2.08. The third kappa shape index (κ3) is 4.58. The summed E-state index contributed by atoms with van der Waals surface area (Å²) in [6.45, 7) is 2.24. The predicted octanol–water partition coefficient (Wildman–Crippen LogP) is 2.55. The molecule has 0 aliphatic carbocycles. The van der Waals surface area contributed by atoms with Gasteiger partial charge in [-0.3, -0.25) is 0 Å². The fraction of sp³-hybridized carbons (Fsp3) is 0.500. The lowest BCUT2D eigenvalue weighted by molar-refractivity contribution is 0.0819. The number of hydrogen-bond acceptors (Lipinski definition) is 3. The fourth-order valence-electron chi connectivity index (χ4n) is 1.01. The first kappa shape index (κ1) is 11.7. The molecule has 0 atom stereocenters. The van der Waals surface area contributed by atoms with Crippen LogP contribution < -0.4 is 10.1 Å². The number of nitrogens with one attached hydrogen (secondary N) is 1. The van der Waals surface area contributed by atoms with E-state index in [4.69, 9.17) is 4.74 Å². The van der Waals surface area contributed by atoms with Crippen molar-refractivity contribution in [2.45, 2.75) is 19.8 Å². The van der Waals surface area contributed by atoms with Gasteiger partial charge in [-0.15, -0.1) is 0 Å². The van der Waals surface area contributed by atoms with Gasteiger partial charge in [0.05, 0.1) is 0 Å². The van der Waals surface area contributed by atoms with Gasteiger partial charge in [-0.2, -0.15) is 0 Å². The predicted molar refractivity (Wildman–Crippen MR) is 54.5 cm³/mol. The molecule has 0 radical (unpaired) electrons. The molecule has 1 rings (SSSR count). The third-order valence-corrected chi connectivity index (χ3v) is 1.66. The SMILES string of the molecule is CCCNc1cc(OCC(F)F)ccn1. The molecule has 84 valence electrons. The zero-order chi connectivity index (χ0) is 11.1. The van der Waals surface area contributed by atoms with E-state index in [1.54, 1.807) is 12.1 Å². The van der Waals surface area contributed by atoms with Crippen molar-refractivity contribution in [3.8, 4) is 5.75 Å². The summed E-state index contributed by atoms with van der Waals surface area (Å²) >= 11 is 0. The van der Waals surface area contributed by atoms with Crippen LogP contribution in [0, 0.1) is 0 Å². The molecule has 1 N–H and O–H groups in total. The second kappa shape index (κ2) is 6.16. The average molecular weight is 216 g/mol. The minimum absolute atomic E-state index is 0.406. The summed E-state index contributed by atoms with van der Waals surface area (Å²) in [6.07, 6.45) is 0.0491. The van der Waals surface area contributed by atoms with E-state index in [1.807, 2.05) is 6.92 Å². The molecular weight excluding hydrogens is 202 g/mol. The van der Waals surface area contributed by atoms with Crippen LogP contribution in [0.15, 0.2) is 18.3 Å². The van der Waals surface area contributed by atoms with E-state index in [2.05, 4.69) is 10.3 Å². The highest BCUT2D eigenvalue weighted by molar-refractivity contribution is 5.40. The molecule has 1 aromatic rings. The van der Waals surface area contributed by atoms with Crippen LogP contribution >= 0.6 is 0 Å². The maximum atomic E-state index is 11.9. The zero-order valence-electron chi connectivity index (χ0n) is 8.54. The molecule has 0 unspecified atom stereocenters. The van der Waals surface area contributed by atoms with Crippen molar-refractivity contribution < 1.29 is 13.5 Å². The third-order valence-electron chi connectivity index (χ3n) is 1.66. The molecule has 0 fully saturated rings. The number of nitrogens with zero attached hydrogens (tertiary/aromatic N) is 1. The molecule has 15 heavy (non-hydrogen) atoms. The quantitative estimate of drug-likeness (QED) is 0.793. The molecule has 0 bridgehead atoms. The van der Waals surface area contributed by atoms with Crippen LogP contribution in [-0.2, 0) is 0 Å². The molecule has 1 aromatic heterocycles. The van der Waals surface area contributed by atoms with Crippen molar-refractivity contribution in [3.63, 3.8) is 0 Å². The second-order valence-corrected chi connectivity index (χ2v) is 3.01. The number of hydrogen-bond donors (Lipinski definition) is 1. The van der Waals surface area contributed by atoms with E-state index in [9.17, 15) is 8.78 Å². The van der Waals surface area contributed by atoms with E-state index in [0.29, 0.717) is 11.6 Å². The number of aromatic nitrogens is 1. The first-order valence-electron chi connectivity index (χ1n) is 4.83. The molecule has 0 saturated heterocycles. The number of anilines is 1. The van der Waals surface area contributed by atoms with E-state index in [1.165, 1.54) is 6.20 Å². The summed E-state index contributed by atoms with van der Waals surface area (Å²) in [5.74, 6) is 1.05. The molecular formula is C10H14F2N2O. The van der Waals surface area contributed by atoms with Crippen LogP contribution in [0.5, 0.6) is 5.75 Å². The van der Waals surface area contributed by atoms with E-state index in [0.717, 1.165) is 13.0 Å². The van der Waals surface area contributed by atoms with Gasteiger partial charge in [0.2, 0.25) is 0 Å². The Labute approximate surface area is 87.5 Å². The van der Waals surface area contributed by atoms with Gasteiger partial charge in [0.15, 0.2) is 0 Å². The molecule has 0 aliphatic rings. The zero-order valence-corrected chi connectivity index (χ0v) is 8.54. The largest absolute Gasteiger partial charge is 0.487 e. The molecule has 5 heteroatoms. The Morgan fingerprint density at radius 3 is 3.00 bits per heavy atom. The first-order chi connectivity index (χ1) is 7.22. The van der Waals surface area contributed by atoms with Crippen molar-refractivity contribution in [3.05, 3.63) is 18.3 Å². The lowest BCUT2D eigenvalue weighted by atomic mass is 10.4. The molecule has 0 spiro atoms. The Balaban J connectivity index is 2.50. The highest BCUT2D eigenvalue weighted by Gasteiger charge is 2.04. The van der Waals surface area contributed by atoms with Crippen molar-refractivity contribution in [2.24, 2.45) is 0 Å². The van der Waals surface area contributed by atoms with Gasteiger partial charge in [-0.25, -0.2) is 13.8 Å². The average Bonchev–Trinajstić information content (AvgIpc) is 2.24. The molecule has 0 aromatic carbocycles. The number of alkyl halides is 2. The number of pyridine rings is 1. The smallest absolute Gasteiger partial charge is 0.272 e. The van der Waals surface area contributed by atoms with Crippen molar-refractivity contribution >= 4 is 5.82 Å². The monoisotopic (exact) mass is 216 g/mol. The van der Waals surface area contributed by atoms with E-state index < -0.39 is 13.0 Å². The van der Waals surface area contributed by atoms with Gasteiger partial charge in [0.1, 0.15) is 18.2 Å². The van der Waals surface area contributed by atoms with Crippen LogP contribution in [-0.4, -0.2) is 24.6 Å². The normalized spacial score (nSPS) is 10.4. The highest BCUT2D eigenvalue weighted by Crippen LogP contribution is 2.15. The minimum atomic E-state index is -2.45. The van der Waals surface area contributed by atoms with Gasteiger partial charge < -0.3 is 10.1 Å². The molecule has 0 saturated carbocycles. The fourth-order valence-corrected chi connectivity index (χ4v) is 1.01. The molecule has 0 aliphatic heterocycles. The van der Waals surface area contributed by atoms with Crippen LogP contribution in [0.4, 0.5) is 14.6 Å². The van der Waals surface area contributed by atoms with Crippen LogP contribution in [0.25, 0.3) is 0 Å². The Hall–Kier alpha value is -1.39. The minimum Gasteiger partial charge on any atom is -0.487 e. The first-order valence-corrected chi connectivity index (χ1v) is 4.83. The number of rotatable bonds is 6. The van der Waals surface area contributed by atoms with Crippen LogP contribution in [0.3, 0.4) is 0 Å². The molecule has 3 nitrogen and oxygen atoms in total. The summed E-state index contributed by atoms with van der Waals surface area (Å²) in [6, 6.07) is 3.16. The van der Waals surface area contributed by atoms with Crippen molar-refractivity contribution in [1.82, 2.24) is 4.98 Å². The Kier molecular flexibility index (Phi) is 4.80. The van der Waals surface area contributed by atoms with Gasteiger partial charge in [-0.05, 0) is 12.5 Å². The van der Waals surface area contributed by atoms with Gasteiger partial charge in [0.25, 0.3) is 6.43 Å². The molecule has 1 heterocycles. The maximum Gasteiger partial charge on any atom is 0.272 e. The second-order valence-electron chi connectivity index (χ2n) is 3.01. The summed E-state index contributed by atoms with van der Waals surface area (Å²) in [7, 11) is 0. The van der Waals surface area contributed by atoms with E-state index >= 15 is 0 Å². The van der Waals surface area contributed by atoms with Gasteiger partial charge >= 0.3 is 0 Å². The highest BCUT2D eigenvalue weighted by atomic mass is 19.3. The number of ether oxygens (including phenoxy) is 1. The van der Waals surface area contributed by atoms with Crippen molar-refractivity contribution in [2.75, 3.05) is 18.5 Å². The van der Waals surface area contributed by atoms with Gasteiger partial charge in [0, 0.05) is 18.8 Å². The Bertz CT molecular complexity index is 295.